The minimum absolute atomic E-state index is 0.658. The Labute approximate surface area is 104 Å². The van der Waals surface area contributed by atoms with Gasteiger partial charge >= 0.3 is 0 Å². The van der Waals surface area contributed by atoms with Crippen molar-refractivity contribution >= 4 is 28.4 Å². The summed E-state index contributed by atoms with van der Waals surface area (Å²) in [5.41, 5.74) is 1.02. The fraction of sp³-hybridized carbons (Fsp3) is 0.600. The normalized spacial score (nSPS) is 10.4. The molecule has 15 heavy (non-hydrogen) atoms. The van der Waals surface area contributed by atoms with Crippen LogP contribution in [0.4, 0.5) is 5.82 Å². The number of anilines is 1. The van der Waals surface area contributed by atoms with Crippen LogP contribution >= 0.6 is 22.6 Å². The first kappa shape index (κ1) is 12.6. The Bertz CT molecular complexity index is 331. The third-order valence-electron chi connectivity index (χ3n) is 1.94. The first-order valence-corrected chi connectivity index (χ1v) is 6.02. The molecule has 0 aromatic carbocycles. The molecule has 0 radical (unpaired) electrons. The van der Waals surface area contributed by atoms with Crippen molar-refractivity contribution < 1.29 is 4.74 Å². The Morgan fingerprint density at radius 3 is 2.73 bits per heavy atom. The van der Waals surface area contributed by atoms with E-state index in [0.717, 1.165) is 33.9 Å². The molecule has 1 N–H and O–H groups in total. The second kappa shape index (κ2) is 6.22. The lowest BCUT2D eigenvalue weighted by atomic mass is 10.3. The van der Waals surface area contributed by atoms with Crippen molar-refractivity contribution in [2.45, 2.75) is 20.3 Å². The van der Waals surface area contributed by atoms with Crippen molar-refractivity contribution in [3.05, 3.63) is 15.1 Å². The molecular weight excluding hydrogens is 305 g/mol. The fourth-order valence-corrected chi connectivity index (χ4v) is 1.64. The van der Waals surface area contributed by atoms with Crippen molar-refractivity contribution in [2.24, 2.45) is 0 Å². The van der Waals surface area contributed by atoms with Crippen LogP contribution in [0.25, 0.3) is 0 Å². The zero-order chi connectivity index (χ0) is 11.3. The Balaban J connectivity index is 2.90. The van der Waals surface area contributed by atoms with Crippen LogP contribution in [0.5, 0.6) is 0 Å². The van der Waals surface area contributed by atoms with Crippen LogP contribution in [0.2, 0.25) is 0 Å². The van der Waals surface area contributed by atoms with E-state index in [-0.39, 0.29) is 0 Å². The average molecular weight is 321 g/mol. The molecule has 0 aliphatic heterocycles. The molecule has 1 aromatic rings. The van der Waals surface area contributed by atoms with Gasteiger partial charge in [0, 0.05) is 20.1 Å². The van der Waals surface area contributed by atoms with E-state index in [0.29, 0.717) is 6.61 Å². The molecular formula is C10H16IN3O. The van der Waals surface area contributed by atoms with Gasteiger partial charge in [0.1, 0.15) is 11.6 Å². The van der Waals surface area contributed by atoms with Gasteiger partial charge in [0.2, 0.25) is 0 Å². The molecule has 1 aromatic heterocycles. The van der Waals surface area contributed by atoms with Crippen LogP contribution in [-0.2, 0) is 11.2 Å². The summed E-state index contributed by atoms with van der Waals surface area (Å²) in [6, 6.07) is 0. The molecule has 4 nitrogen and oxygen atoms in total. The van der Waals surface area contributed by atoms with E-state index in [1.807, 2.05) is 6.92 Å². The SMILES string of the molecule is CCNc1nc(CCOC)nc(C)c1I. The first-order valence-electron chi connectivity index (χ1n) is 4.94. The number of methoxy groups -OCH3 is 1. The van der Waals surface area contributed by atoms with E-state index in [2.05, 4.69) is 44.8 Å². The van der Waals surface area contributed by atoms with Gasteiger partial charge in [0.05, 0.1) is 15.9 Å². The van der Waals surface area contributed by atoms with Gasteiger partial charge in [-0.25, -0.2) is 9.97 Å². The molecule has 0 saturated carbocycles. The maximum Gasteiger partial charge on any atom is 0.143 e. The van der Waals surface area contributed by atoms with E-state index >= 15 is 0 Å². The summed E-state index contributed by atoms with van der Waals surface area (Å²) in [5.74, 6) is 1.77. The zero-order valence-corrected chi connectivity index (χ0v) is 11.5. The third kappa shape index (κ3) is 3.57. The van der Waals surface area contributed by atoms with Gasteiger partial charge in [0.15, 0.2) is 0 Å². The molecule has 0 aliphatic rings. The monoisotopic (exact) mass is 321 g/mol. The Hall–Kier alpha value is -0.430. The molecule has 0 saturated heterocycles. The molecule has 1 heterocycles. The number of hydrogen-bond acceptors (Lipinski definition) is 4. The summed E-state index contributed by atoms with van der Waals surface area (Å²) in [6.07, 6.45) is 0.757. The second-order valence-corrected chi connectivity index (χ2v) is 4.24. The molecule has 0 aliphatic carbocycles. The van der Waals surface area contributed by atoms with Crippen LogP contribution in [0.1, 0.15) is 18.4 Å². The summed E-state index contributed by atoms with van der Waals surface area (Å²) >= 11 is 2.26. The maximum atomic E-state index is 5.01. The molecule has 0 unspecified atom stereocenters. The van der Waals surface area contributed by atoms with Crippen LogP contribution < -0.4 is 5.32 Å². The number of aryl methyl sites for hydroxylation is 1. The van der Waals surface area contributed by atoms with Crippen molar-refractivity contribution in [3.63, 3.8) is 0 Å². The number of nitrogens with one attached hydrogen (secondary N) is 1. The van der Waals surface area contributed by atoms with Gasteiger partial charge in [-0.2, -0.15) is 0 Å². The van der Waals surface area contributed by atoms with Crippen molar-refractivity contribution in [1.82, 2.24) is 9.97 Å². The minimum Gasteiger partial charge on any atom is -0.384 e. The third-order valence-corrected chi connectivity index (χ3v) is 3.23. The summed E-state index contributed by atoms with van der Waals surface area (Å²) < 4.78 is 6.11. The number of rotatable bonds is 5. The van der Waals surface area contributed by atoms with Crippen LogP contribution in [0, 0.1) is 10.5 Å². The van der Waals surface area contributed by atoms with E-state index in [1.54, 1.807) is 7.11 Å². The fourth-order valence-electron chi connectivity index (χ4n) is 1.21. The standard InChI is InChI=1S/C10H16IN3O/c1-4-12-10-9(11)7(2)13-8(14-10)5-6-15-3/h4-6H2,1-3H3,(H,12,13,14). The number of hydrogen-bond donors (Lipinski definition) is 1. The highest BCUT2D eigenvalue weighted by Gasteiger charge is 2.07. The number of nitrogens with zero attached hydrogens (tertiary/aromatic N) is 2. The highest BCUT2D eigenvalue weighted by atomic mass is 127. The van der Waals surface area contributed by atoms with Crippen LogP contribution in [0.3, 0.4) is 0 Å². The van der Waals surface area contributed by atoms with E-state index in [1.165, 1.54) is 0 Å². The predicted molar refractivity (Wildman–Crippen MR) is 69.2 cm³/mol. The molecule has 0 atom stereocenters. The van der Waals surface area contributed by atoms with E-state index < -0.39 is 0 Å². The topological polar surface area (TPSA) is 47.0 Å². The molecule has 0 amide bonds. The second-order valence-electron chi connectivity index (χ2n) is 3.16. The summed E-state index contributed by atoms with van der Waals surface area (Å²) in [7, 11) is 1.69. The zero-order valence-electron chi connectivity index (χ0n) is 9.30. The van der Waals surface area contributed by atoms with Crippen LogP contribution in [0.15, 0.2) is 0 Å². The highest BCUT2D eigenvalue weighted by Crippen LogP contribution is 2.18. The van der Waals surface area contributed by atoms with Gasteiger partial charge in [-0.15, -0.1) is 0 Å². The van der Waals surface area contributed by atoms with E-state index in [4.69, 9.17) is 4.74 Å². The van der Waals surface area contributed by atoms with Crippen LogP contribution in [-0.4, -0.2) is 30.2 Å². The number of ether oxygens (including phenoxy) is 1. The number of halogens is 1. The highest BCUT2D eigenvalue weighted by molar-refractivity contribution is 14.1. The molecule has 0 spiro atoms. The molecule has 5 heteroatoms. The minimum atomic E-state index is 0.658. The molecule has 84 valence electrons. The summed E-state index contributed by atoms with van der Waals surface area (Å²) in [5, 5.41) is 3.23. The molecule has 1 rings (SSSR count). The van der Waals surface area contributed by atoms with Gasteiger partial charge in [-0.05, 0) is 36.4 Å². The largest absolute Gasteiger partial charge is 0.384 e. The Morgan fingerprint density at radius 2 is 2.13 bits per heavy atom. The van der Waals surface area contributed by atoms with Gasteiger partial charge in [0.25, 0.3) is 0 Å². The summed E-state index contributed by atoms with van der Waals surface area (Å²) in [6.45, 7) is 5.59. The van der Waals surface area contributed by atoms with Crippen molar-refractivity contribution in [3.8, 4) is 0 Å². The lowest BCUT2D eigenvalue weighted by molar-refractivity contribution is 0.200. The quantitative estimate of drug-likeness (QED) is 0.843. The maximum absolute atomic E-state index is 5.01. The van der Waals surface area contributed by atoms with Gasteiger partial charge in [-0.3, -0.25) is 0 Å². The molecule has 0 fully saturated rings. The van der Waals surface area contributed by atoms with Crippen molar-refractivity contribution in [2.75, 3.05) is 25.6 Å². The lowest BCUT2D eigenvalue weighted by Gasteiger charge is -2.09. The average Bonchev–Trinajstić information content (AvgIpc) is 2.22. The first-order chi connectivity index (χ1) is 7.19. The van der Waals surface area contributed by atoms with Crippen molar-refractivity contribution in [1.29, 1.82) is 0 Å². The van der Waals surface area contributed by atoms with Gasteiger partial charge in [-0.1, -0.05) is 0 Å². The van der Waals surface area contributed by atoms with E-state index in [9.17, 15) is 0 Å². The smallest absolute Gasteiger partial charge is 0.143 e. The number of aromatic nitrogens is 2. The lowest BCUT2D eigenvalue weighted by Crippen LogP contribution is -2.09. The Morgan fingerprint density at radius 1 is 1.40 bits per heavy atom. The predicted octanol–water partition coefficient (Wildman–Crippen LogP) is 2.01. The molecule has 0 bridgehead atoms. The Kier molecular flexibility index (Phi) is 5.24. The van der Waals surface area contributed by atoms with Gasteiger partial charge < -0.3 is 10.1 Å². The summed E-state index contributed by atoms with van der Waals surface area (Å²) in [4.78, 5) is 8.87.